The minimum Gasteiger partial charge on any atom is -0.369 e. The first kappa shape index (κ1) is 18.0. The number of aromatic nitrogens is 4. The highest BCUT2D eigenvalue weighted by molar-refractivity contribution is 8.00. The number of H-pyrrole nitrogens is 1. The molecule has 0 saturated heterocycles. The number of hydrogen-bond acceptors (Lipinski definition) is 7. The number of aromatic amines is 1. The molecule has 0 saturated carbocycles. The number of aliphatic imine (C=N–C) groups is 1. The summed E-state index contributed by atoms with van der Waals surface area (Å²) in [6.45, 7) is 1.87. The maximum atomic E-state index is 12.9. The van der Waals surface area contributed by atoms with Gasteiger partial charge in [-0.3, -0.25) is 9.78 Å². The Morgan fingerprint density at radius 2 is 2.15 bits per heavy atom. The van der Waals surface area contributed by atoms with Crippen molar-refractivity contribution in [3.63, 3.8) is 0 Å². The van der Waals surface area contributed by atoms with Gasteiger partial charge in [-0.05, 0) is 31.2 Å². The van der Waals surface area contributed by atoms with Crippen LogP contribution in [0.5, 0.6) is 0 Å². The van der Waals surface area contributed by atoms with Crippen molar-refractivity contribution >= 4 is 40.7 Å². The van der Waals surface area contributed by atoms with Crippen LogP contribution in [0.4, 0.5) is 16.0 Å². The molecule has 4 N–H and O–H groups in total. The normalized spacial score (nSPS) is 11.5. The molecule has 0 atom stereocenters. The Morgan fingerprint density at radius 1 is 1.38 bits per heavy atom. The summed E-state index contributed by atoms with van der Waals surface area (Å²) in [7, 11) is 0. The van der Waals surface area contributed by atoms with E-state index in [1.807, 2.05) is 6.92 Å². The predicted octanol–water partition coefficient (Wildman–Crippen LogP) is 2.42. The van der Waals surface area contributed by atoms with E-state index in [0.717, 1.165) is 9.35 Å². The lowest BCUT2D eigenvalue weighted by atomic mass is 10.3. The molecular formula is C15H14FN7OS2. The first-order chi connectivity index (χ1) is 12.5. The Labute approximate surface area is 155 Å². The van der Waals surface area contributed by atoms with Gasteiger partial charge in [-0.2, -0.15) is 4.99 Å². The second-order valence-corrected chi connectivity index (χ2v) is 7.47. The fourth-order valence-electron chi connectivity index (χ4n) is 1.92. The molecule has 0 aliphatic heterocycles. The van der Waals surface area contributed by atoms with Crippen LogP contribution in [0.3, 0.4) is 0 Å². The van der Waals surface area contributed by atoms with Crippen molar-refractivity contribution in [1.29, 1.82) is 0 Å². The second-order valence-electron chi connectivity index (χ2n) is 5.06. The van der Waals surface area contributed by atoms with Gasteiger partial charge in [-0.15, -0.1) is 10.2 Å². The minimum absolute atomic E-state index is 0.0179. The molecule has 26 heavy (non-hydrogen) atoms. The molecule has 11 heteroatoms. The molecule has 3 aromatic rings. The van der Waals surface area contributed by atoms with Gasteiger partial charge in [-0.25, -0.2) is 9.37 Å². The number of thioether (sulfide) groups is 1. The third kappa shape index (κ3) is 5.10. The van der Waals surface area contributed by atoms with Crippen molar-refractivity contribution in [2.24, 2.45) is 10.7 Å². The maximum absolute atomic E-state index is 12.9. The van der Waals surface area contributed by atoms with E-state index in [1.165, 1.54) is 53.4 Å². The van der Waals surface area contributed by atoms with Gasteiger partial charge in [-0.1, -0.05) is 23.1 Å². The van der Waals surface area contributed by atoms with Gasteiger partial charge in [0, 0.05) is 17.5 Å². The fourth-order valence-corrected chi connectivity index (χ4v) is 3.62. The molecule has 0 amide bonds. The monoisotopic (exact) mass is 391 g/mol. The van der Waals surface area contributed by atoms with Crippen LogP contribution in [-0.2, 0) is 5.75 Å². The highest BCUT2D eigenvalue weighted by Crippen LogP contribution is 2.24. The first-order valence-corrected chi connectivity index (χ1v) is 9.18. The van der Waals surface area contributed by atoms with E-state index < -0.39 is 0 Å². The van der Waals surface area contributed by atoms with Crippen LogP contribution in [0, 0.1) is 12.7 Å². The number of nitrogens with two attached hydrogens (primary N) is 1. The maximum Gasteiger partial charge on any atom is 0.252 e. The summed E-state index contributed by atoms with van der Waals surface area (Å²) < 4.78 is 13.7. The zero-order valence-corrected chi connectivity index (χ0v) is 15.2. The Kier molecular flexibility index (Phi) is 5.58. The molecule has 1 aromatic carbocycles. The molecule has 0 aliphatic carbocycles. The highest BCUT2D eigenvalue weighted by atomic mass is 32.2. The van der Waals surface area contributed by atoms with E-state index in [-0.39, 0.29) is 23.3 Å². The molecule has 2 aromatic heterocycles. The van der Waals surface area contributed by atoms with Crippen LogP contribution in [0.2, 0.25) is 0 Å². The third-order valence-corrected chi connectivity index (χ3v) is 4.98. The number of halogens is 1. The quantitative estimate of drug-likeness (QED) is 0.347. The van der Waals surface area contributed by atoms with Crippen LogP contribution >= 0.6 is 23.1 Å². The highest BCUT2D eigenvalue weighted by Gasteiger charge is 2.06. The first-order valence-electron chi connectivity index (χ1n) is 7.38. The number of nitrogens with zero attached hydrogens (tertiary/aromatic N) is 4. The summed E-state index contributed by atoms with van der Waals surface area (Å²) in [5.41, 5.74) is 6.57. The Morgan fingerprint density at radius 3 is 2.85 bits per heavy atom. The largest absolute Gasteiger partial charge is 0.369 e. The van der Waals surface area contributed by atoms with Gasteiger partial charge < -0.3 is 11.1 Å². The molecule has 0 radical (unpaired) electrons. The minimum atomic E-state index is -0.354. The third-order valence-electron chi connectivity index (χ3n) is 2.98. The smallest absolute Gasteiger partial charge is 0.252 e. The molecule has 2 heterocycles. The van der Waals surface area contributed by atoms with E-state index in [0.29, 0.717) is 17.1 Å². The summed E-state index contributed by atoms with van der Waals surface area (Å²) >= 11 is 2.90. The van der Waals surface area contributed by atoms with Crippen LogP contribution in [0.15, 0.2) is 44.5 Å². The number of rotatable bonds is 5. The van der Waals surface area contributed by atoms with Crippen molar-refractivity contribution < 1.29 is 4.39 Å². The van der Waals surface area contributed by atoms with E-state index in [9.17, 15) is 9.18 Å². The molecular weight excluding hydrogens is 377 g/mol. The summed E-state index contributed by atoms with van der Waals surface area (Å²) in [4.78, 5) is 22.6. The van der Waals surface area contributed by atoms with Gasteiger partial charge in [0.05, 0.1) is 5.69 Å². The average Bonchev–Trinajstić information content (AvgIpc) is 3.00. The van der Waals surface area contributed by atoms with E-state index in [2.05, 4.69) is 30.5 Å². The number of benzene rings is 1. The van der Waals surface area contributed by atoms with Gasteiger partial charge in [0.1, 0.15) is 10.8 Å². The number of hydrogen-bond donors (Lipinski definition) is 3. The van der Waals surface area contributed by atoms with Crippen LogP contribution < -0.4 is 16.6 Å². The topological polar surface area (TPSA) is 122 Å². The lowest BCUT2D eigenvalue weighted by Crippen LogP contribution is -2.22. The van der Waals surface area contributed by atoms with Crippen LogP contribution in [-0.4, -0.2) is 26.1 Å². The Hall–Kier alpha value is -2.79. The van der Waals surface area contributed by atoms with Crippen molar-refractivity contribution in [3.05, 3.63) is 57.2 Å². The average molecular weight is 391 g/mol. The van der Waals surface area contributed by atoms with E-state index in [4.69, 9.17) is 5.73 Å². The molecule has 8 nitrogen and oxygen atoms in total. The standard InChI is InChI=1S/C15H14FN7OS2/c1-8-22-23-15(26-8)25-7-11-6-12(24)20-14(19-11)21-13(17)18-10-4-2-9(16)3-5-10/h2-6H,7H2,1H3,(H4,17,18,19,20,21,24). The Balaban J connectivity index is 1.71. The summed E-state index contributed by atoms with van der Waals surface area (Å²) in [5.74, 6) is 0.192. The van der Waals surface area contributed by atoms with Gasteiger partial charge in [0.25, 0.3) is 5.56 Å². The second kappa shape index (κ2) is 8.06. The molecule has 0 fully saturated rings. The molecule has 134 valence electrons. The van der Waals surface area contributed by atoms with Crippen molar-refractivity contribution in [2.75, 3.05) is 5.32 Å². The molecule has 0 spiro atoms. The zero-order chi connectivity index (χ0) is 18.5. The number of anilines is 1. The number of aryl methyl sites for hydroxylation is 1. The number of nitrogens with one attached hydrogen (secondary N) is 2. The molecule has 3 rings (SSSR count). The van der Waals surface area contributed by atoms with E-state index >= 15 is 0 Å². The zero-order valence-electron chi connectivity index (χ0n) is 13.6. The van der Waals surface area contributed by atoms with Crippen molar-refractivity contribution in [3.8, 4) is 0 Å². The van der Waals surface area contributed by atoms with Gasteiger partial charge in [0.2, 0.25) is 11.9 Å². The Bertz CT molecular complexity index is 984. The number of guanidine groups is 1. The predicted molar refractivity (Wildman–Crippen MR) is 100 cm³/mol. The van der Waals surface area contributed by atoms with Crippen LogP contribution in [0.25, 0.3) is 0 Å². The summed E-state index contributed by atoms with van der Waals surface area (Å²) in [6.07, 6.45) is 0. The summed E-state index contributed by atoms with van der Waals surface area (Å²) in [5, 5.41) is 11.6. The van der Waals surface area contributed by atoms with Crippen molar-refractivity contribution in [1.82, 2.24) is 20.2 Å². The SMILES string of the molecule is Cc1nnc(SCc2cc(=O)[nH]c(N=C(N)Nc3ccc(F)cc3)n2)s1. The summed E-state index contributed by atoms with van der Waals surface area (Å²) in [6, 6.07) is 7.02. The molecule has 0 bridgehead atoms. The van der Waals surface area contributed by atoms with Crippen molar-refractivity contribution in [2.45, 2.75) is 17.0 Å². The molecule has 0 aliphatic rings. The van der Waals surface area contributed by atoms with E-state index in [1.54, 1.807) is 0 Å². The lowest BCUT2D eigenvalue weighted by Gasteiger charge is -2.05. The molecule has 0 unspecified atom stereocenters. The lowest BCUT2D eigenvalue weighted by molar-refractivity contribution is 0.628. The van der Waals surface area contributed by atoms with Crippen LogP contribution in [0.1, 0.15) is 10.7 Å². The fraction of sp³-hybridized carbons (Fsp3) is 0.133. The van der Waals surface area contributed by atoms with Gasteiger partial charge >= 0.3 is 0 Å². The van der Waals surface area contributed by atoms with Gasteiger partial charge in [0.15, 0.2) is 4.34 Å².